The van der Waals surface area contributed by atoms with Crippen molar-refractivity contribution in [1.82, 2.24) is 4.90 Å². The van der Waals surface area contributed by atoms with Crippen molar-refractivity contribution >= 4 is 11.9 Å². The molecule has 1 spiro atoms. The molecule has 1 aliphatic heterocycles. The van der Waals surface area contributed by atoms with Gasteiger partial charge in [0.15, 0.2) is 0 Å². The molecule has 1 saturated heterocycles. The predicted molar refractivity (Wildman–Crippen MR) is 90.5 cm³/mol. The highest BCUT2D eigenvalue weighted by Crippen LogP contribution is 2.59. The number of carboxylic acid groups (broad SMARTS) is 1. The van der Waals surface area contributed by atoms with Crippen molar-refractivity contribution in [3.05, 3.63) is 35.6 Å². The first-order chi connectivity index (χ1) is 12.0. The first kappa shape index (κ1) is 16.6. The molecule has 2 saturated carbocycles. The fourth-order valence-electron chi connectivity index (χ4n) is 5.08. The van der Waals surface area contributed by atoms with Gasteiger partial charge < -0.3 is 10.0 Å². The summed E-state index contributed by atoms with van der Waals surface area (Å²) in [7, 11) is 0. The van der Waals surface area contributed by atoms with Crippen LogP contribution in [0.25, 0.3) is 0 Å². The standard InChI is InChI=1S/C20H24FNO3/c21-15-5-3-14(4-6-15)20(7-1-2-8-20)18(25)22-11-9-19(10-12-22)13-16(19)17(23)24/h3-6,16H,1-2,7-13H2,(H,23,24)/t16-/m1/s1. The van der Waals surface area contributed by atoms with Crippen LogP contribution < -0.4 is 0 Å². The van der Waals surface area contributed by atoms with Gasteiger partial charge in [-0.1, -0.05) is 25.0 Å². The van der Waals surface area contributed by atoms with Crippen molar-refractivity contribution in [2.24, 2.45) is 11.3 Å². The summed E-state index contributed by atoms with van der Waals surface area (Å²) in [6.45, 7) is 1.29. The molecule has 1 heterocycles. The van der Waals surface area contributed by atoms with E-state index in [4.69, 9.17) is 0 Å². The fraction of sp³-hybridized carbons (Fsp3) is 0.600. The van der Waals surface area contributed by atoms with Crippen LogP contribution in [0.3, 0.4) is 0 Å². The Morgan fingerprint density at radius 1 is 1.04 bits per heavy atom. The summed E-state index contributed by atoms with van der Waals surface area (Å²) < 4.78 is 13.3. The number of amides is 1. The molecule has 0 bridgehead atoms. The number of halogens is 1. The van der Waals surface area contributed by atoms with E-state index in [0.29, 0.717) is 13.1 Å². The molecule has 1 aromatic rings. The van der Waals surface area contributed by atoms with Gasteiger partial charge in [0.25, 0.3) is 0 Å². The normalized spacial score (nSPS) is 26.6. The highest BCUT2D eigenvalue weighted by atomic mass is 19.1. The van der Waals surface area contributed by atoms with Gasteiger partial charge in [-0.2, -0.15) is 0 Å². The zero-order valence-corrected chi connectivity index (χ0v) is 14.3. The van der Waals surface area contributed by atoms with Gasteiger partial charge in [0.05, 0.1) is 11.3 Å². The number of hydrogen-bond acceptors (Lipinski definition) is 2. The maximum atomic E-state index is 13.4. The van der Waals surface area contributed by atoms with Gasteiger partial charge in [0.2, 0.25) is 5.91 Å². The number of benzene rings is 1. The van der Waals surface area contributed by atoms with Gasteiger partial charge >= 0.3 is 5.97 Å². The molecule has 0 radical (unpaired) electrons. The maximum Gasteiger partial charge on any atom is 0.307 e. The Hall–Kier alpha value is -1.91. The summed E-state index contributed by atoms with van der Waals surface area (Å²) in [5, 5.41) is 9.22. The number of carbonyl (C=O) groups excluding carboxylic acids is 1. The summed E-state index contributed by atoms with van der Waals surface area (Å²) in [6, 6.07) is 6.39. The van der Waals surface area contributed by atoms with Gasteiger partial charge in [0.1, 0.15) is 5.82 Å². The molecule has 5 heteroatoms. The van der Waals surface area contributed by atoms with Crippen LogP contribution in [0.1, 0.15) is 50.5 Å². The van der Waals surface area contributed by atoms with E-state index in [9.17, 15) is 19.1 Å². The second-order valence-electron chi connectivity index (χ2n) is 8.05. The third-order valence-electron chi connectivity index (χ3n) is 6.80. The summed E-state index contributed by atoms with van der Waals surface area (Å²) in [4.78, 5) is 26.5. The van der Waals surface area contributed by atoms with Crippen LogP contribution in [-0.2, 0) is 15.0 Å². The molecule has 1 N–H and O–H groups in total. The maximum absolute atomic E-state index is 13.4. The summed E-state index contributed by atoms with van der Waals surface area (Å²) in [5.41, 5.74) is 0.335. The molecular formula is C20H24FNO3. The van der Waals surface area contributed by atoms with E-state index in [0.717, 1.165) is 50.5 Å². The highest BCUT2D eigenvalue weighted by molar-refractivity contribution is 5.89. The average Bonchev–Trinajstić information content (AvgIpc) is 3.09. The molecule has 3 aliphatic rings. The topological polar surface area (TPSA) is 57.6 Å². The quantitative estimate of drug-likeness (QED) is 0.914. The van der Waals surface area contributed by atoms with Crippen molar-refractivity contribution in [3.8, 4) is 0 Å². The largest absolute Gasteiger partial charge is 0.481 e. The number of aliphatic carboxylic acids is 1. The van der Waals surface area contributed by atoms with Crippen molar-refractivity contribution in [2.45, 2.75) is 50.4 Å². The van der Waals surface area contributed by atoms with Gasteiger partial charge in [0, 0.05) is 13.1 Å². The van der Waals surface area contributed by atoms with Crippen LogP contribution in [0.15, 0.2) is 24.3 Å². The van der Waals surface area contributed by atoms with E-state index >= 15 is 0 Å². The zero-order chi connectivity index (χ0) is 17.7. The highest BCUT2D eigenvalue weighted by Gasteiger charge is 2.59. The monoisotopic (exact) mass is 345 g/mol. The van der Waals surface area contributed by atoms with Crippen LogP contribution in [0.4, 0.5) is 4.39 Å². The number of piperidine rings is 1. The molecule has 1 atom stereocenters. The SMILES string of the molecule is O=C(O)[C@H]1CC12CCN(C(=O)C1(c3ccc(F)cc3)CCCC1)CC2. The lowest BCUT2D eigenvalue weighted by Gasteiger charge is -2.39. The second kappa shape index (κ2) is 5.82. The van der Waals surface area contributed by atoms with Crippen LogP contribution >= 0.6 is 0 Å². The number of hydrogen-bond donors (Lipinski definition) is 1. The average molecular weight is 345 g/mol. The number of rotatable bonds is 3. The van der Waals surface area contributed by atoms with Crippen LogP contribution in [0, 0.1) is 17.2 Å². The van der Waals surface area contributed by atoms with E-state index in [2.05, 4.69) is 0 Å². The third kappa shape index (κ3) is 2.64. The minimum atomic E-state index is -0.696. The summed E-state index contributed by atoms with van der Waals surface area (Å²) in [5.74, 6) is -1.04. The Bertz CT molecular complexity index is 685. The van der Waals surface area contributed by atoms with Gasteiger partial charge in [-0.15, -0.1) is 0 Å². The Labute approximate surface area is 147 Å². The number of likely N-dealkylation sites (tertiary alicyclic amines) is 1. The molecule has 1 aromatic carbocycles. The minimum absolute atomic E-state index is 0.0681. The number of carbonyl (C=O) groups is 2. The van der Waals surface area contributed by atoms with Gasteiger partial charge in [-0.3, -0.25) is 9.59 Å². The van der Waals surface area contributed by atoms with Crippen molar-refractivity contribution < 1.29 is 19.1 Å². The predicted octanol–water partition coefficient (Wildman–Crippen LogP) is 3.35. The Morgan fingerprint density at radius 3 is 2.16 bits per heavy atom. The van der Waals surface area contributed by atoms with Crippen LogP contribution in [0.2, 0.25) is 0 Å². The Morgan fingerprint density at radius 2 is 1.64 bits per heavy atom. The molecule has 0 aromatic heterocycles. The van der Waals surface area contributed by atoms with E-state index in [1.807, 2.05) is 4.90 Å². The lowest BCUT2D eigenvalue weighted by Crippen LogP contribution is -2.49. The molecule has 0 unspecified atom stereocenters. The molecule has 134 valence electrons. The van der Waals surface area contributed by atoms with Gasteiger partial charge in [-0.05, 0) is 55.2 Å². The molecule has 2 aliphatic carbocycles. The third-order valence-corrected chi connectivity index (χ3v) is 6.80. The van der Waals surface area contributed by atoms with E-state index < -0.39 is 11.4 Å². The fourth-order valence-corrected chi connectivity index (χ4v) is 5.08. The van der Waals surface area contributed by atoms with E-state index in [1.54, 1.807) is 12.1 Å². The van der Waals surface area contributed by atoms with Gasteiger partial charge in [-0.25, -0.2) is 4.39 Å². The van der Waals surface area contributed by atoms with E-state index in [1.165, 1.54) is 12.1 Å². The number of carboxylic acids is 1. The number of nitrogens with zero attached hydrogens (tertiary/aromatic N) is 1. The molecule has 3 fully saturated rings. The zero-order valence-electron chi connectivity index (χ0n) is 14.3. The molecule has 4 nitrogen and oxygen atoms in total. The Balaban J connectivity index is 1.51. The second-order valence-corrected chi connectivity index (χ2v) is 8.05. The first-order valence-electron chi connectivity index (χ1n) is 9.25. The van der Waals surface area contributed by atoms with Crippen LogP contribution in [0.5, 0.6) is 0 Å². The molecule has 25 heavy (non-hydrogen) atoms. The summed E-state index contributed by atoms with van der Waals surface area (Å²) >= 11 is 0. The van der Waals surface area contributed by atoms with Crippen molar-refractivity contribution in [2.75, 3.05) is 13.1 Å². The lowest BCUT2D eigenvalue weighted by atomic mass is 9.76. The van der Waals surface area contributed by atoms with Crippen LogP contribution in [-0.4, -0.2) is 35.0 Å². The van der Waals surface area contributed by atoms with E-state index in [-0.39, 0.29) is 23.1 Å². The van der Waals surface area contributed by atoms with Crippen molar-refractivity contribution in [1.29, 1.82) is 0 Å². The molecule has 1 amide bonds. The molecule has 4 rings (SSSR count). The lowest BCUT2D eigenvalue weighted by molar-refractivity contribution is -0.140. The minimum Gasteiger partial charge on any atom is -0.481 e. The first-order valence-corrected chi connectivity index (χ1v) is 9.25. The summed E-state index contributed by atoms with van der Waals surface area (Å²) in [6.07, 6.45) is 6.00. The smallest absolute Gasteiger partial charge is 0.307 e. The van der Waals surface area contributed by atoms with Crippen molar-refractivity contribution in [3.63, 3.8) is 0 Å². The molecular weight excluding hydrogens is 321 g/mol. The Kier molecular flexibility index (Phi) is 3.85.